The topological polar surface area (TPSA) is 69.6 Å². The van der Waals surface area contributed by atoms with Crippen LogP contribution in [0.3, 0.4) is 0 Å². The number of aryl methyl sites for hydroxylation is 1. The summed E-state index contributed by atoms with van der Waals surface area (Å²) in [6.07, 6.45) is 9.13. The molecule has 0 aliphatic heterocycles. The molecule has 1 fully saturated rings. The molecule has 2 N–H and O–H groups in total. The highest BCUT2D eigenvalue weighted by Gasteiger charge is 2.15. The number of aromatic nitrogens is 4. The van der Waals surface area contributed by atoms with Gasteiger partial charge in [-0.1, -0.05) is 44.2 Å². The van der Waals surface area contributed by atoms with Gasteiger partial charge in [-0.05, 0) is 40.5 Å². The first-order valence-electron chi connectivity index (χ1n) is 7.91. The van der Waals surface area contributed by atoms with Crippen LogP contribution in [-0.2, 0) is 13.0 Å². The molecule has 1 aromatic heterocycles. The van der Waals surface area contributed by atoms with Crippen LogP contribution in [0.2, 0.25) is 0 Å². The van der Waals surface area contributed by atoms with Crippen molar-refractivity contribution in [1.29, 1.82) is 0 Å². The predicted octanol–water partition coefficient (Wildman–Crippen LogP) is 2.82. The molecular weight excluding hydrogens is 262 g/mol. The summed E-state index contributed by atoms with van der Waals surface area (Å²) < 4.78 is 1.91. The molecular formula is C16H23N5. The van der Waals surface area contributed by atoms with E-state index in [1.807, 2.05) is 28.9 Å². The second-order valence-electron chi connectivity index (χ2n) is 6.04. The molecule has 0 bridgehead atoms. The fourth-order valence-corrected chi connectivity index (χ4v) is 3.13. The van der Waals surface area contributed by atoms with Crippen LogP contribution < -0.4 is 5.73 Å². The summed E-state index contributed by atoms with van der Waals surface area (Å²) in [6, 6.07) is 7.90. The molecule has 1 heterocycles. The van der Waals surface area contributed by atoms with Crippen molar-refractivity contribution >= 4 is 5.69 Å². The minimum atomic E-state index is 0.716. The maximum atomic E-state index is 5.71. The van der Waals surface area contributed by atoms with Crippen molar-refractivity contribution in [1.82, 2.24) is 20.2 Å². The summed E-state index contributed by atoms with van der Waals surface area (Å²) in [7, 11) is 0. The van der Waals surface area contributed by atoms with Crippen LogP contribution in [0.15, 0.2) is 24.3 Å². The minimum Gasteiger partial charge on any atom is -0.399 e. The van der Waals surface area contributed by atoms with Crippen LogP contribution >= 0.6 is 0 Å². The summed E-state index contributed by atoms with van der Waals surface area (Å²) in [5, 5.41) is 12.2. The molecule has 0 unspecified atom stereocenters. The molecule has 0 atom stereocenters. The van der Waals surface area contributed by atoms with E-state index >= 15 is 0 Å². The van der Waals surface area contributed by atoms with Crippen molar-refractivity contribution in [3.8, 4) is 0 Å². The lowest BCUT2D eigenvalue weighted by molar-refractivity contribution is 0.335. The van der Waals surface area contributed by atoms with Crippen LogP contribution in [0.5, 0.6) is 0 Å². The number of tetrazole rings is 1. The molecule has 5 heteroatoms. The summed E-state index contributed by atoms with van der Waals surface area (Å²) in [6.45, 7) is 0.716. The van der Waals surface area contributed by atoms with Gasteiger partial charge in [0.1, 0.15) is 0 Å². The van der Waals surface area contributed by atoms with Crippen molar-refractivity contribution in [2.24, 2.45) is 5.92 Å². The third kappa shape index (κ3) is 3.80. The summed E-state index contributed by atoms with van der Waals surface area (Å²) >= 11 is 0. The number of nitrogens with zero attached hydrogens (tertiary/aromatic N) is 4. The van der Waals surface area contributed by atoms with Crippen molar-refractivity contribution in [3.05, 3.63) is 35.7 Å². The van der Waals surface area contributed by atoms with Gasteiger partial charge in [-0.25, -0.2) is 4.68 Å². The SMILES string of the molecule is Nc1ccc(Cn2nnnc2CCC2CCCCC2)cc1. The summed E-state index contributed by atoms with van der Waals surface area (Å²) in [5.74, 6) is 1.86. The maximum absolute atomic E-state index is 5.71. The molecule has 5 nitrogen and oxygen atoms in total. The van der Waals surface area contributed by atoms with E-state index in [2.05, 4.69) is 15.5 Å². The fourth-order valence-electron chi connectivity index (χ4n) is 3.13. The molecule has 1 aromatic carbocycles. The second kappa shape index (κ2) is 6.70. The number of rotatable bonds is 5. The molecule has 3 rings (SSSR count). The zero-order chi connectivity index (χ0) is 14.5. The van der Waals surface area contributed by atoms with Gasteiger partial charge >= 0.3 is 0 Å². The molecule has 0 saturated heterocycles. The summed E-state index contributed by atoms with van der Waals surface area (Å²) in [4.78, 5) is 0. The van der Waals surface area contributed by atoms with Gasteiger partial charge in [-0.15, -0.1) is 5.10 Å². The maximum Gasteiger partial charge on any atom is 0.151 e. The zero-order valence-electron chi connectivity index (χ0n) is 12.4. The van der Waals surface area contributed by atoms with Gasteiger partial charge in [0.15, 0.2) is 5.82 Å². The molecule has 0 spiro atoms. The molecule has 2 aromatic rings. The molecule has 0 radical (unpaired) electrons. The van der Waals surface area contributed by atoms with Gasteiger partial charge in [0.05, 0.1) is 6.54 Å². The van der Waals surface area contributed by atoms with E-state index in [0.29, 0.717) is 6.54 Å². The van der Waals surface area contributed by atoms with Gasteiger partial charge in [0.25, 0.3) is 0 Å². The Balaban J connectivity index is 1.59. The van der Waals surface area contributed by atoms with Crippen molar-refractivity contribution in [2.75, 3.05) is 5.73 Å². The highest BCUT2D eigenvalue weighted by atomic mass is 15.5. The average Bonchev–Trinajstić information content (AvgIpc) is 2.96. The third-order valence-corrected chi connectivity index (χ3v) is 4.42. The molecule has 0 amide bonds. The lowest BCUT2D eigenvalue weighted by atomic mass is 9.86. The third-order valence-electron chi connectivity index (χ3n) is 4.42. The fraction of sp³-hybridized carbons (Fsp3) is 0.562. The molecule has 1 aliphatic carbocycles. The number of anilines is 1. The van der Waals surface area contributed by atoms with E-state index in [0.717, 1.165) is 23.9 Å². The van der Waals surface area contributed by atoms with Crippen LogP contribution in [-0.4, -0.2) is 20.2 Å². The molecule has 21 heavy (non-hydrogen) atoms. The van der Waals surface area contributed by atoms with Gasteiger partial charge in [0.2, 0.25) is 0 Å². The minimum absolute atomic E-state index is 0.716. The number of nitrogens with two attached hydrogens (primary N) is 1. The average molecular weight is 285 g/mol. The van der Waals surface area contributed by atoms with E-state index < -0.39 is 0 Å². The van der Waals surface area contributed by atoms with Crippen LogP contribution in [0, 0.1) is 5.92 Å². The number of hydrogen-bond donors (Lipinski definition) is 1. The Bertz CT molecular complexity index is 554. The highest BCUT2D eigenvalue weighted by Crippen LogP contribution is 2.27. The van der Waals surface area contributed by atoms with E-state index in [9.17, 15) is 0 Å². The Kier molecular flexibility index (Phi) is 4.48. The largest absolute Gasteiger partial charge is 0.399 e. The Hall–Kier alpha value is -1.91. The van der Waals surface area contributed by atoms with Gasteiger partial charge in [-0.3, -0.25) is 0 Å². The molecule has 112 valence electrons. The van der Waals surface area contributed by atoms with Gasteiger partial charge in [0, 0.05) is 12.1 Å². The Morgan fingerprint density at radius 1 is 1.10 bits per heavy atom. The number of benzene rings is 1. The quantitative estimate of drug-likeness (QED) is 0.858. The molecule has 1 saturated carbocycles. The lowest BCUT2D eigenvalue weighted by Gasteiger charge is -2.20. The first-order valence-corrected chi connectivity index (χ1v) is 7.91. The molecule has 1 aliphatic rings. The Labute approximate surface area is 125 Å². The first kappa shape index (κ1) is 14.0. The van der Waals surface area contributed by atoms with E-state index in [-0.39, 0.29) is 0 Å². The van der Waals surface area contributed by atoms with Crippen molar-refractivity contribution in [2.45, 2.75) is 51.5 Å². The Morgan fingerprint density at radius 3 is 2.62 bits per heavy atom. The Morgan fingerprint density at radius 2 is 1.86 bits per heavy atom. The van der Waals surface area contributed by atoms with Crippen molar-refractivity contribution < 1.29 is 0 Å². The standard InChI is InChI=1S/C16H23N5/c17-15-9-6-14(7-10-15)12-21-16(18-19-20-21)11-8-13-4-2-1-3-5-13/h6-7,9-10,13H,1-5,8,11-12,17H2. The highest BCUT2D eigenvalue weighted by molar-refractivity contribution is 5.39. The van der Waals surface area contributed by atoms with E-state index in [1.54, 1.807) is 0 Å². The number of nitrogen functional groups attached to an aromatic ring is 1. The van der Waals surface area contributed by atoms with Crippen LogP contribution in [0.4, 0.5) is 5.69 Å². The zero-order valence-corrected chi connectivity index (χ0v) is 12.4. The summed E-state index contributed by atoms with van der Waals surface area (Å²) in [5.41, 5.74) is 7.67. The first-order chi connectivity index (χ1) is 10.3. The van der Waals surface area contributed by atoms with Gasteiger partial charge in [-0.2, -0.15) is 0 Å². The van der Waals surface area contributed by atoms with Crippen molar-refractivity contribution in [3.63, 3.8) is 0 Å². The van der Waals surface area contributed by atoms with Crippen LogP contribution in [0.25, 0.3) is 0 Å². The number of hydrogen-bond acceptors (Lipinski definition) is 4. The smallest absolute Gasteiger partial charge is 0.151 e. The van der Waals surface area contributed by atoms with Gasteiger partial charge < -0.3 is 5.73 Å². The predicted molar refractivity (Wildman–Crippen MR) is 82.7 cm³/mol. The second-order valence-corrected chi connectivity index (χ2v) is 6.04. The van der Waals surface area contributed by atoms with E-state index in [4.69, 9.17) is 5.73 Å². The normalized spacial score (nSPS) is 16.2. The monoisotopic (exact) mass is 285 g/mol. The lowest BCUT2D eigenvalue weighted by Crippen LogP contribution is -2.11. The van der Waals surface area contributed by atoms with Crippen LogP contribution in [0.1, 0.15) is 49.9 Å². The van der Waals surface area contributed by atoms with E-state index in [1.165, 1.54) is 44.1 Å².